The van der Waals surface area contributed by atoms with Gasteiger partial charge in [-0.2, -0.15) is 0 Å². The molecule has 0 fully saturated rings. The van der Waals surface area contributed by atoms with Gasteiger partial charge >= 0.3 is 0 Å². The van der Waals surface area contributed by atoms with E-state index in [4.69, 9.17) is 14.6 Å². The fourth-order valence-electron chi connectivity index (χ4n) is 2.21. The first-order valence-electron chi connectivity index (χ1n) is 6.63. The minimum atomic E-state index is -0.332. The molecule has 2 aromatic rings. The molecule has 110 valence electrons. The summed E-state index contributed by atoms with van der Waals surface area (Å²) >= 11 is 0. The van der Waals surface area contributed by atoms with Gasteiger partial charge < -0.3 is 14.6 Å². The maximum Gasteiger partial charge on any atom is 0.298 e. The fourth-order valence-corrected chi connectivity index (χ4v) is 2.21. The highest BCUT2D eigenvalue weighted by Crippen LogP contribution is 2.33. The molecule has 0 amide bonds. The summed E-state index contributed by atoms with van der Waals surface area (Å²) in [7, 11) is 0. The molecule has 0 aliphatic carbocycles. The van der Waals surface area contributed by atoms with Crippen molar-refractivity contribution in [2.75, 3.05) is 6.79 Å². The number of carbonyl (C=O) groups excluding carboxylic acids is 1. The van der Waals surface area contributed by atoms with E-state index in [9.17, 15) is 4.79 Å². The molecule has 0 unspecified atom stereocenters. The topological polar surface area (TPSA) is 55.8 Å². The van der Waals surface area contributed by atoms with E-state index in [0.29, 0.717) is 18.0 Å². The Labute approximate surface area is 123 Å². The SMILES string of the molecule is CC(C)(c1ccc(OC=O)cc1)c1ccc(OCO)cc1. The van der Waals surface area contributed by atoms with Gasteiger partial charge in [-0.15, -0.1) is 0 Å². The van der Waals surface area contributed by atoms with Gasteiger partial charge in [-0.3, -0.25) is 4.79 Å². The van der Waals surface area contributed by atoms with Gasteiger partial charge in [-0.1, -0.05) is 38.1 Å². The van der Waals surface area contributed by atoms with Crippen molar-refractivity contribution in [1.82, 2.24) is 0 Å². The van der Waals surface area contributed by atoms with Crippen molar-refractivity contribution in [3.63, 3.8) is 0 Å². The maximum absolute atomic E-state index is 10.3. The lowest BCUT2D eigenvalue weighted by molar-refractivity contribution is -0.120. The van der Waals surface area contributed by atoms with Gasteiger partial charge in [0, 0.05) is 5.41 Å². The van der Waals surface area contributed by atoms with Crippen LogP contribution in [-0.4, -0.2) is 18.4 Å². The van der Waals surface area contributed by atoms with E-state index in [1.165, 1.54) is 0 Å². The van der Waals surface area contributed by atoms with Gasteiger partial charge in [0.2, 0.25) is 0 Å². The third-order valence-electron chi connectivity index (χ3n) is 3.57. The van der Waals surface area contributed by atoms with Crippen LogP contribution < -0.4 is 9.47 Å². The third-order valence-corrected chi connectivity index (χ3v) is 3.57. The van der Waals surface area contributed by atoms with Crippen molar-refractivity contribution in [1.29, 1.82) is 0 Å². The molecule has 4 heteroatoms. The lowest BCUT2D eigenvalue weighted by Gasteiger charge is -2.26. The third kappa shape index (κ3) is 3.41. The molecule has 0 heterocycles. The van der Waals surface area contributed by atoms with Crippen molar-refractivity contribution >= 4 is 6.47 Å². The van der Waals surface area contributed by atoms with Gasteiger partial charge in [-0.05, 0) is 35.4 Å². The van der Waals surface area contributed by atoms with Crippen molar-refractivity contribution in [2.45, 2.75) is 19.3 Å². The average molecular weight is 286 g/mol. The largest absolute Gasteiger partial charge is 0.468 e. The van der Waals surface area contributed by atoms with Gasteiger partial charge in [0.05, 0.1) is 0 Å². The van der Waals surface area contributed by atoms with E-state index >= 15 is 0 Å². The van der Waals surface area contributed by atoms with E-state index in [2.05, 4.69) is 13.8 Å². The Balaban J connectivity index is 2.25. The quantitative estimate of drug-likeness (QED) is 0.655. The van der Waals surface area contributed by atoms with E-state index in [0.717, 1.165) is 11.1 Å². The van der Waals surface area contributed by atoms with E-state index < -0.39 is 0 Å². The molecule has 0 aliphatic rings. The zero-order valence-corrected chi connectivity index (χ0v) is 12.1. The highest BCUT2D eigenvalue weighted by Gasteiger charge is 2.23. The molecule has 21 heavy (non-hydrogen) atoms. The number of aliphatic hydroxyl groups is 1. The smallest absolute Gasteiger partial charge is 0.298 e. The zero-order valence-electron chi connectivity index (χ0n) is 12.1. The number of rotatable bonds is 6. The highest BCUT2D eigenvalue weighted by atomic mass is 16.6. The van der Waals surface area contributed by atoms with E-state index in [-0.39, 0.29) is 12.2 Å². The maximum atomic E-state index is 10.3. The predicted molar refractivity (Wildman–Crippen MR) is 79.4 cm³/mol. The summed E-state index contributed by atoms with van der Waals surface area (Å²) in [6.07, 6.45) is 0. The van der Waals surface area contributed by atoms with Crippen LogP contribution in [0.2, 0.25) is 0 Å². The van der Waals surface area contributed by atoms with E-state index in [1.54, 1.807) is 12.1 Å². The molecule has 0 bridgehead atoms. The van der Waals surface area contributed by atoms with Gasteiger partial charge in [0.15, 0.2) is 6.79 Å². The van der Waals surface area contributed by atoms with Crippen LogP contribution in [0.15, 0.2) is 48.5 Å². The molecule has 2 rings (SSSR count). The van der Waals surface area contributed by atoms with Crippen LogP contribution in [0.3, 0.4) is 0 Å². The number of hydrogen-bond acceptors (Lipinski definition) is 4. The van der Waals surface area contributed by atoms with Crippen LogP contribution in [0, 0.1) is 0 Å². The Morgan fingerprint density at radius 3 is 1.86 bits per heavy atom. The van der Waals surface area contributed by atoms with Gasteiger partial charge in [0.1, 0.15) is 11.5 Å². The molecule has 1 N–H and O–H groups in total. The summed E-state index contributed by atoms with van der Waals surface area (Å²) < 4.78 is 9.83. The molecule has 4 nitrogen and oxygen atoms in total. The number of ether oxygens (including phenoxy) is 2. The van der Waals surface area contributed by atoms with Crippen molar-refractivity contribution in [3.05, 3.63) is 59.7 Å². The van der Waals surface area contributed by atoms with Crippen LogP contribution in [0.4, 0.5) is 0 Å². The molecule has 0 saturated heterocycles. The minimum Gasteiger partial charge on any atom is -0.468 e. The number of aliphatic hydroxyl groups excluding tert-OH is 1. The lowest BCUT2D eigenvalue weighted by atomic mass is 9.78. The molecule has 0 spiro atoms. The second kappa shape index (κ2) is 6.41. The van der Waals surface area contributed by atoms with Gasteiger partial charge in [0.25, 0.3) is 6.47 Å². The average Bonchev–Trinajstić information content (AvgIpc) is 2.49. The second-order valence-corrected chi connectivity index (χ2v) is 5.16. The Morgan fingerprint density at radius 1 is 0.952 bits per heavy atom. The van der Waals surface area contributed by atoms with Crippen LogP contribution in [0.5, 0.6) is 11.5 Å². The predicted octanol–water partition coefficient (Wildman–Crippen LogP) is 2.88. The molecule has 2 aromatic carbocycles. The van der Waals surface area contributed by atoms with Crippen LogP contribution >= 0.6 is 0 Å². The summed E-state index contributed by atoms with van der Waals surface area (Å²) in [5.74, 6) is 1.16. The Morgan fingerprint density at radius 2 is 1.43 bits per heavy atom. The van der Waals surface area contributed by atoms with Crippen LogP contribution in [0.25, 0.3) is 0 Å². The highest BCUT2D eigenvalue weighted by molar-refractivity contribution is 5.47. The van der Waals surface area contributed by atoms with Crippen molar-refractivity contribution in [2.24, 2.45) is 0 Å². The number of benzene rings is 2. The van der Waals surface area contributed by atoms with Crippen LogP contribution in [-0.2, 0) is 10.2 Å². The standard InChI is InChI=1S/C17H18O4/c1-17(2,13-3-7-15(8-4-13)20-11-18)14-5-9-16(10-6-14)21-12-19/h3-11,19H,12H2,1-2H3. The molecular weight excluding hydrogens is 268 g/mol. The zero-order chi connectivity index (χ0) is 15.3. The first kappa shape index (κ1) is 15.1. The second-order valence-electron chi connectivity index (χ2n) is 5.16. The summed E-state index contributed by atoms with van der Waals surface area (Å²) in [4.78, 5) is 10.3. The molecule has 0 radical (unpaired) electrons. The molecule has 0 saturated carbocycles. The summed E-state index contributed by atoms with van der Waals surface area (Å²) in [6.45, 7) is 4.32. The normalized spacial score (nSPS) is 11.0. The van der Waals surface area contributed by atoms with Crippen molar-refractivity contribution < 1.29 is 19.4 Å². The Bertz CT molecular complexity index is 585. The number of carbonyl (C=O) groups is 1. The summed E-state index contributed by atoms with van der Waals surface area (Å²) in [5.41, 5.74) is 2.03. The Hall–Kier alpha value is -2.33. The van der Waals surface area contributed by atoms with Crippen LogP contribution in [0.1, 0.15) is 25.0 Å². The monoisotopic (exact) mass is 286 g/mol. The molecule has 0 atom stereocenters. The molecule has 0 aromatic heterocycles. The first-order valence-corrected chi connectivity index (χ1v) is 6.63. The summed E-state index contributed by atoms with van der Waals surface area (Å²) in [6, 6.07) is 15.0. The Kier molecular flexibility index (Phi) is 4.60. The first-order chi connectivity index (χ1) is 10.1. The lowest BCUT2D eigenvalue weighted by Crippen LogP contribution is -2.18. The van der Waals surface area contributed by atoms with Crippen molar-refractivity contribution in [3.8, 4) is 11.5 Å². The fraction of sp³-hybridized carbons (Fsp3) is 0.235. The van der Waals surface area contributed by atoms with Gasteiger partial charge in [-0.25, -0.2) is 0 Å². The summed E-state index contributed by atoms with van der Waals surface area (Å²) in [5, 5.41) is 8.74. The molecule has 0 aliphatic heterocycles. The number of hydrogen-bond donors (Lipinski definition) is 1. The van der Waals surface area contributed by atoms with E-state index in [1.807, 2.05) is 36.4 Å². The molecular formula is C17H18O4. The minimum absolute atomic E-state index is 0.197.